The van der Waals surface area contributed by atoms with Crippen molar-refractivity contribution in [2.24, 2.45) is 5.73 Å². The smallest absolute Gasteiger partial charge is 0.0960 e. The van der Waals surface area contributed by atoms with Gasteiger partial charge >= 0.3 is 0 Å². The first-order valence-electron chi connectivity index (χ1n) is 7.33. The summed E-state index contributed by atoms with van der Waals surface area (Å²) in [7, 11) is 0. The van der Waals surface area contributed by atoms with Crippen molar-refractivity contribution >= 4 is 11.3 Å². The molecule has 0 bridgehead atoms. The second kappa shape index (κ2) is 6.51. The Morgan fingerprint density at radius 1 is 1.05 bits per heavy atom. The van der Waals surface area contributed by atoms with E-state index in [-0.39, 0.29) is 0 Å². The summed E-state index contributed by atoms with van der Waals surface area (Å²) in [5.74, 6) is 1.04. The predicted molar refractivity (Wildman–Crippen MR) is 88.5 cm³/mol. The molecule has 2 aromatic rings. The Hall–Kier alpha value is -1.19. The number of benzene rings is 1. The lowest BCUT2D eigenvalue weighted by Gasteiger charge is -2.06. The van der Waals surface area contributed by atoms with Crippen LogP contribution in [0.5, 0.6) is 0 Å². The van der Waals surface area contributed by atoms with Crippen molar-refractivity contribution in [1.82, 2.24) is 4.98 Å². The molecule has 0 aliphatic rings. The first-order chi connectivity index (χ1) is 9.52. The highest BCUT2D eigenvalue weighted by atomic mass is 32.1. The van der Waals surface area contributed by atoms with Crippen molar-refractivity contribution < 1.29 is 0 Å². The molecular formula is C17H24N2S. The maximum atomic E-state index is 5.74. The monoisotopic (exact) mass is 288 g/mol. The Balaban J connectivity index is 2.39. The second-order valence-electron chi connectivity index (χ2n) is 5.79. The van der Waals surface area contributed by atoms with E-state index < -0.39 is 0 Å². The van der Waals surface area contributed by atoms with Crippen LogP contribution in [0.15, 0.2) is 24.3 Å². The largest absolute Gasteiger partial charge is 0.330 e. The van der Waals surface area contributed by atoms with Gasteiger partial charge in [0, 0.05) is 16.4 Å². The maximum absolute atomic E-state index is 5.74. The minimum Gasteiger partial charge on any atom is -0.330 e. The normalized spacial score (nSPS) is 11.6. The molecule has 0 aliphatic heterocycles. The molecule has 0 radical (unpaired) electrons. The van der Waals surface area contributed by atoms with Gasteiger partial charge in [0.05, 0.1) is 10.7 Å². The molecule has 0 saturated carbocycles. The summed E-state index contributed by atoms with van der Waals surface area (Å²) < 4.78 is 0. The Labute approximate surface area is 126 Å². The third-order valence-corrected chi connectivity index (χ3v) is 4.85. The highest BCUT2D eigenvalue weighted by molar-refractivity contribution is 7.12. The van der Waals surface area contributed by atoms with Crippen LogP contribution in [0.4, 0.5) is 0 Å². The highest BCUT2D eigenvalue weighted by Crippen LogP contribution is 2.32. The standard InChI is InChI=1S/C17H24N2S/c1-11(2)13-5-7-14(8-6-13)16-15(9-10-18)20-17(19-16)12(3)4/h5-8,11-12H,9-10,18H2,1-4H3. The Bertz CT molecular complexity index is 553. The van der Waals surface area contributed by atoms with Crippen molar-refractivity contribution in [3.8, 4) is 11.3 Å². The number of hydrogen-bond acceptors (Lipinski definition) is 3. The molecule has 0 unspecified atom stereocenters. The Morgan fingerprint density at radius 3 is 2.20 bits per heavy atom. The van der Waals surface area contributed by atoms with Gasteiger partial charge in [0.15, 0.2) is 0 Å². The zero-order valence-electron chi connectivity index (χ0n) is 12.8. The van der Waals surface area contributed by atoms with E-state index in [0.29, 0.717) is 18.4 Å². The zero-order chi connectivity index (χ0) is 14.7. The van der Waals surface area contributed by atoms with Gasteiger partial charge in [-0.2, -0.15) is 0 Å². The molecule has 0 atom stereocenters. The molecule has 1 heterocycles. The molecule has 0 fully saturated rings. The van der Waals surface area contributed by atoms with Crippen LogP contribution in [-0.2, 0) is 6.42 Å². The second-order valence-corrected chi connectivity index (χ2v) is 6.91. The topological polar surface area (TPSA) is 38.9 Å². The van der Waals surface area contributed by atoms with Crippen molar-refractivity contribution in [3.63, 3.8) is 0 Å². The molecule has 108 valence electrons. The molecule has 0 amide bonds. The zero-order valence-corrected chi connectivity index (χ0v) is 13.6. The molecule has 0 spiro atoms. The fraction of sp³-hybridized carbons (Fsp3) is 0.471. The summed E-state index contributed by atoms with van der Waals surface area (Å²) in [5.41, 5.74) is 9.44. The third-order valence-electron chi connectivity index (χ3n) is 3.43. The van der Waals surface area contributed by atoms with E-state index in [1.54, 1.807) is 11.3 Å². The summed E-state index contributed by atoms with van der Waals surface area (Å²) in [5, 5.41) is 1.20. The minimum absolute atomic E-state index is 0.472. The summed E-state index contributed by atoms with van der Waals surface area (Å²) in [4.78, 5) is 6.15. The SMILES string of the molecule is CC(C)c1ccc(-c2nc(C(C)C)sc2CCN)cc1. The first-order valence-corrected chi connectivity index (χ1v) is 8.14. The van der Waals surface area contributed by atoms with E-state index in [1.165, 1.54) is 21.0 Å². The molecular weight excluding hydrogens is 264 g/mol. The lowest BCUT2D eigenvalue weighted by atomic mass is 10.0. The molecule has 2 N–H and O–H groups in total. The summed E-state index contributed by atoms with van der Waals surface area (Å²) in [6.07, 6.45) is 0.908. The van der Waals surface area contributed by atoms with Crippen LogP contribution in [0.25, 0.3) is 11.3 Å². The molecule has 20 heavy (non-hydrogen) atoms. The lowest BCUT2D eigenvalue weighted by Crippen LogP contribution is -2.02. The number of nitrogens with two attached hydrogens (primary N) is 1. The average molecular weight is 288 g/mol. The Kier molecular flexibility index (Phi) is 4.95. The third kappa shape index (κ3) is 3.28. The van der Waals surface area contributed by atoms with Gasteiger partial charge in [0.1, 0.15) is 0 Å². The first kappa shape index (κ1) is 15.2. The molecule has 2 nitrogen and oxygen atoms in total. The minimum atomic E-state index is 0.472. The average Bonchev–Trinajstić information content (AvgIpc) is 2.83. The van der Waals surface area contributed by atoms with E-state index in [1.807, 2.05) is 0 Å². The molecule has 1 aromatic carbocycles. The van der Waals surface area contributed by atoms with E-state index in [0.717, 1.165) is 12.1 Å². The van der Waals surface area contributed by atoms with Crippen LogP contribution in [0.1, 0.15) is 55.0 Å². The fourth-order valence-corrected chi connectivity index (χ4v) is 3.27. The Morgan fingerprint density at radius 2 is 1.70 bits per heavy atom. The van der Waals surface area contributed by atoms with E-state index in [9.17, 15) is 0 Å². The molecule has 1 aromatic heterocycles. The van der Waals surface area contributed by atoms with Gasteiger partial charge in [-0.05, 0) is 24.4 Å². The summed E-state index contributed by atoms with van der Waals surface area (Å²) >= 11 is 1.81. The van der Waals surface area contributed by atoms with Crippen LogP contribution in [0.2, 0.25) is 0 Å². The van der Waals surface area contributed by atoms with Gasteiger partial charge < -0.3 is 5.73 Å². The van der Waals surface area contributed by atoms with Crippen molar-refractivity contribution in [1.29, 1.82) is 0 Å². The fourth-order valence-electron chi connectivity index (χ4n) is 2.17. The summed E-state index contributed by atoms with van der Waals surface area (Å²) in [6.45, 7) is 9.49. The lowest BCUT2D eigenvalue weighted by molar-refractivity contribution is 0.853. The van der Waals surface area contributed by atoms with Gasteiger partial charge in [-0.3, -0.25) is 0 Å². The van der Waals surface area contributed by atoms with E-state index in [2.05, 4.69) is 52.0 Å². The van der Waals surface area contributed by atoms with Gasteiger partial charge in [-0.1, -0.05) is 52.0 Å². The van der Waals surface area contributed by atoms with Crippen molar-refractivity contribution in [2.75, 3.05) is 6.54 Å². The van der Waals surface area contributed by atoms with Crippen molar-refractivity contribution in [3.05, 3.63) is 39.7 Å². The van der Waals surface area contributed by atoms with Gasteiger partial charge in [0.2, 0.25) is 0 Å². The molecule has 2 rings (SSSR count). The predicted octanol–water partition coefficient (Wildman–Crippen LogP) is 4.56. The number of nitrogens with zero attached hydrogens (tertiary/aromatic N) is 1. The number of aromatic nitrogens is 1. The van der Waals surface area contributed by atoms with Crippen LogP contribution in [0, 0.1) is 0 Å². The van der Waals surface area contributed by atoms with Crippen LogP contribution < -0.4 is 5.73 Å². The van der Waals surface area contributed by atoms with Crippen LogP contribution in [0.3, 0.4) is 0 Å². The van der Waals surface area contributed by atoms with Gasteiger partial charge in [-0.25, -0.2) is 4.98 Å². The van der Waals surface area contributed by atoms with Gasteiger partial charge in [0.25, 0.3) is 0 Å². The van der Waals surface area contributed by atoms with Crippen LogP contribution >= 0.6 is 11.3 Å². The van der Waals surface area contributed by atoms with Crippen molar-refractivity contribution in [2.45, 2.75) is 46.0 Å². The highest BCUT2D eigenvalue weighted by Gasteiger charge is 2.14. The van der Waals surface area contributed by atoms with E-state index in [4.69, 9.17) is 10.7 Å². The molecule has 0 saturated heterocycles. The molecule has 3 heteroatoms. The summed E-state index contributed by atoms with van der Waals surface area (Å²) in [6, 6.07) is 8.80. The van der Waals surface area contributed by atoms with E-state index >= 15 is 0 Å². The molecule has 0 aliphatic carbocycles. The van der Waals surface area contributed by atoms with Crippen LogP contribution in [-0.4, -0.2) is 11.5 Å². The maximum Gasteiger partial charge on any atom is 0.0960 e. The number of rotatable bonds is 5. The van der Waals surface area contributed by atoms with Gasteiger partial charge in [-0.15, -0.1) is 11.3 Å². The number of thiazole rings is 1. The number of hydrogen-bond donors (Lipinski definition) is 1. The quantitative estimate of drug-likeness (QED) is 0.876.